The van der Waals surface area contributed by atoms with Gasteiger partial charge in [0.1, 0.15) is 0 Å². The molecule has 8 heteroatoms. The second kappa shape index (κ2) is 10.3. The number of amides is 2. The van der Waals surface area contributed by atoms with Crippen molar-refractivity contribution >= 4 is 6.03 Å². The molecule has 0 radical (unpaired) electrons. The summed E-state index contributed by atoms with van der Waals surface area (Å²) >= 11 is 0. The molecular weight excluding hydrogens is 396 g/mol. The van der Waals surface area contributed by atoms with Crippen LogP contribution in [0.15, 0.2) is 0 Å². The number of nitrogens with zero attached hydrogens (tertiary/aromatic N) is 3. The SMILES string of the molecule is CCOC(O)N1CCC2(CC(N3CCC([C@@H]4CCCN4C(=O)NCCOC)CC3)C2)C1. The third-order valence-corrected chi connectivity index (χ3v) is 8.21. The van der Waals surface area contributed by atoms with Crippen LogP contribution >= 0.6 is 0 Å². The monoisotopic (exact) mass is 438 g/mol. The maximum Gasteiger partial charge on any atom is 0.317 e. The van der Waals surface area contributed by atoms with Gasteiger partial charge < -0.3 is 29.7 Å². The van der Waals surface area contributed by atoms with Crippen molar-refractivity contribution in [2.24, 2.45) is 11.3 Å². The van der Waals surface area contributed by atoms with E-state index < -0.39 is 6.41 Å². The molecule has 0 aromatic heterocycles. The van der Waals surface area contributed by atoms with Crippen molar-refractivity contribution in [1.29, 1.82) is 0 Å². The largest absolute Gasteiger partial charge is 0.383 e. The molecule has 3 saturated heterocycles. The van der Waals surface area contributed by atoms with E-state index in [9.17, 15) is 9.90 Å². The van der Waals surface area contributed by atoms with Crippen LogP contribution < -0.4 is 5.32 Å². The van der Waals surface area contributed by atoms with E-state index in [1.54, 1.807) is 7.11 Å². The van der Waals surface area contributed by atoms with Gasteiger partial charge in [-0.15, -0.1) is 0 Å². The number of methoxy groups -OCH3 is 1. The second-order valence-corrected chi connectivity index (χ2v) is 10.1. The van der Waals surface area contributed by atoms with Crippen LogP contribution in [0.1, 0.15) is 51.9 Å². The quantitative estimate of drug-likeness (QED) is 0.444. The first-order chi connectivity index (χ1) is 15.0. The third kappa shape index (κ3) is 5.19. The molecule has 2 atom stereocenters. The van der Waals surface area contributed by atoms with Crippen molar-refractivity contribution in [2.75, 3.05) is 59.6 Å². The Morgan fingerprint density at radius 3 is 2.68 bits per heavy atom. The lowest BCUT2D eigenvalue weighted by atomic mass is 9.64. The van der Waals surface area contributed by atoms with Crippen LogP contribution in [-0.4, -0.2) is 104 Å². The maximum atomic E-state index is 12.6. The van der Waals surface area contributed by atoms with Crippen LogP contribution in [0.3, 0.4) is 0 Å². The predicted octanol–water partition coefficient (Wildman–Crippen LogP) is 1.69. The Morgan fingerprint density at radius 1 is 1.19 bits per heavy atom. The minimum absolute atomic E-state index is 0.0861. The summed E-state index contributed by atoms with van der Waals surface area (Å²) in [6.45, 7) is 8.74. The number of nitrogens with one attached hydrogen (secondary N) is 1. The normalized spacial score (nSPS) is 33.7. The maximum absolute atomic E-state index is 12.6. The smallest absolute Gasteiger partial charge is 0.317 e. The number of hydrogen-bond acceptors (Lipinski definition) is 6. The first kappa shape index (κ1) is 23.2. The molecule has 0 bridgehead atoms. The molecule has 4 aliphatic rings. The van der Waals surface area contributed by atoms with Crippen LogP contribution in [0.5, 0.6) is 0 Å². The molecule has 1 spiro atoms. The first-order valence-corrected chi connectivity index (χ1v) is 12.4. The highest BCUT2D eigenvalue weighted by molar-refractivity contribution is 5.74. The number of aliphatic hydroxyl groups is 1. The molecule has 31 heavy (non-hydrogen) atoms. The molecule has 8 nitrogen and oxygen atoms in total. The fourth-order valence-corrected chi connectivity index (χ4v) is 6.51. The van der Waals surface area contributed by atoms with Crippen LogP contribution in [-0.2, 0) is 9.47 Å². The number of likely N-dealkylation sites (tertiary alicyclic amines) is 3. The van der Waals surface area contributed by atoms with Crippen LogP contribution in [0, 0.1) is 11.3 Å². The lowest BCUT2D eigenvalue weighted by Crippen LogP contribution is -2.55. The number of carbonyl (C=O) groups is 1. The number of aliphatic hydroxyl groups excluding tert-OH is 1. The van der Waals surface area contributed by atoms with Crippen molar-refractivity contribution in [3.05, 3.63) is 0 Å². The van der Waals surface area contributed by atoms with Crippen molar-refractivity contribution in [3.8, 4) is 0 Å². The first-order valence-electron chi connectivity index (χ1n) is 12.4. The zero-order chi connectivity index (χ0) is 21.8. The average molecular weight is 439 g/mol. The van der Waals surface area contributed by atoms with Gasteiger partial charge >= 0.3 is 6.03 Å². The third-order valence-electron chi connectivity index (χ3n) is 8.21. The molecule has 4 fully saturated rings. The van der Waals surface area contributed by atoms with Gasteiger partial charge in [-0.3, -0.25) is 4.90 Å². The average Bonchev–Trinajstić information content (AvgIpc) is 3.41. The summed E-state index contributed by atoms with van der Waals surface area (Å²) in [7, 11) is 1.66. The number of ether oxygens (including phenoxy) is 2. The van der Waals surface area contributed by atoms with E-state index in [-0.39, 0.29) is 6.03 Å². The predicted molar refractivity (Wildman–Crippen MR) is 119 cm³/mol. The van der Waals surface area contributed by atoms with Gasteiger partial charge in [-0.05, 0) is 76.3 Å². The van der Waals surface area contributed by atoms with E-state index in [4.69, 9.17) is 9.47 Å². The number of rotatable bonds is 8. The molecule has 2 N–H and O–H groups in total. The molecule has 178 valence electrons. The fraction of sp³-hybridized carbons (Fsp3) is 0.957. The Morgan fingerprint density at radius 2 is 1.97 bits per heavy atom. The highest BCUT2D eigenvalue weighted by atomic mass is 16.6. The van der Waals surface area contributed by atoms with Gasteiger partial charge in [0.15, 0.2) is 0 Å². The summed E-state index contributed by atoms with van der Waals surface area (Å²) in [4.78, 5) is 19.5. The van der Waals surface area contributed by atoms with E-state index in [0.717, 1.165) is 45.6 Å². The lowest BCUT2D eigenvalue weighted by molar-refractivity contribution is -0.188. The number of urea groups is 1. The Hall–Kier alpha value is -0.930. The summed E-state index contributed by atoms with van der Waals surface area (Å²) in [5.74, 6) is 0.629. The molecule has 1 unspecified atom stereocenters. The van der Waals surface area contributed by atoms with Crippen molar-refractivity contribution < 1.29 is 19.4 Å². The molecule has 0 aromatic carbocycles. The van der Waals surface area contributed by atoms with E-state index in [0.29, 0.717) is 43.2 Å². The van der Waals surface area contributed by atoms with Crippen molar-refractivity contribution in [2.45, 2.75) is 70.4 Å². The summed E-state index contributed by atoms with van der Waals surface area (Å²) in [6, 6.07) is 1.19. The molecular formula is C23H42N4O4. The van der Waals surface area contributed by atoms with Crippen molar-refractivity contribution in [3.63, 3.8) is 0 Å². The van der Waals surface area contributed by atoms with E-state index in [2.05, 4.69) is 20.0 Å². The van der Waals surface area contributed by atoms with Crippen LogP contribution in [0.25, 0.3) is 0 Å². The van der Waals surface area contributed by atoms with Gasteiger partial charge in [0.05, 0.1) is 6.61 Å². The van der Waals surface area contributed by atoms with Gasteiger partial charge in [-0.25, -0.2) is 4.79 Å². The summed E-state index contributed by atoms with van der Waals surface area (Å²) < 4.78 is 10.4. The number of carbonyl (C=O) groups excluding carboxylic acids is 1. The molecule has 4 rings (SSSR count). The Balaban J connectivity index is 1.20. The van der Waals surface area contributed by atoms with Gasteiger partial charge in [0, 0.05) is 52.0 Å². The van der Waals surface area contributed by atoms with Gasteiger partial charge in [0.2, 0.25) is 6.41 Å². The van der Waals surface area contributed by atoms with Crippen molar-refractivity contribution in [1.82, 2.24) is 20.0 Å². The highest BCUT2D eigenvalue weighted by Crippen LogP contribution is 2.51. The number of hydrogen-bond donors (Lipinski definition) is 2. The topological polar surface area (TPSA) is 77.5 Å². The minimum atomic E-state index is -0.736. The van der Waals surface area contributed by atoms with Gasteiger partial charge in [-0.1, -0.05) is 0 Å². The fourth-order valence-electron chi connectivity index (χ4n) is 6.51. The minimum Gasteiger partial charge on any atom is -0.383 e. The molecule has 3 aliphatic heterocycles. The molecule has 1 aliphatic carbocycles. The van der Waals surface area contributed by atoms with Gasteiger partial charge in [0.25, 0.3) is 0 Å². The zero-order valence-corrected chi connectivity index (χ0v) is 19.4. The van der Waals surface area contributed by atoms with E-state index in [1.165, 1.54) is 32.1 Å². The summed E-state index contributed by atoms with van der Waals surface area (Å²) in [5.41, 5.74) is 0.391. The second-order valence-electron chi connectivity index (χ2n) is 10.1. The zero-order valence-electron chi connectivity index (χ0n) is 19.4. The Kier molecular flexibility index (Phi) is 7.75. The Labute approximate surface area is 187 Å². The summed E-state index contributed by atoms with van der Waals surface area (Å²) in [6.07, 6.45) is 7.62. The van der Waals surface area contributed by atoms with E-state index >= 15 is 0 Å². The highest BCUT2D eigenvalue weighted by Gasteiger charge is 2.51. The molecule has 0 aromatic rings. The van der Waals surface area contributed by atoms with E-state index in [1.807, 2.05) is 6.92 Å². The standard InChI is InChI=1S/C23H42N4O4/c1-3-31-22(29)26-13-8-23(17-26)15-19(16-23)25-11-6-18(7-12-25)20-5-4-10-27(20)21(28)24-9-14-30-2/h18-20,22,29H,3-17H2,1-2H3,(H,24,28)/t19?,20-,22?,23?/m0/s1. The Bertz CT molecular complexity index is 592. The molecule has 1 saturated carbocycles. The number of piperidine rings is 1. The lowest BCUT2D eigenvalue weighted by Gasteiger charge is -2.52. The van der Waals surface area contributed by atoms with Gasteiger partial charge in [-0.2, -0.15) is 0 Å². The molecule has 3 heterocycles. The van der Waals surface area contributed by atoms with Crippen LogP contribution in [0.2, 0.25) is 0 Å². The summed E-state index contributed by atoms with van der Waals surface area (Å²) in [5, 5.41) is 13.1. The van der Waals surface area contributed by atoms with Crippen LogP contribution in [0.4, 0.5) is 4.79 Å². The molecule has 2 amide bonds.